The largest absolute Gasteiger partial charge is 0.310 e. The van der Waals surface area contributed by atoms with E-state index in [9.17, 15) is 8.42 Å². The number of nitrogens with zero attached hydrogens (tertiary/aromatic N) is 1. The molecule has 2 fully saturated rings. The van der Waals surface area contributed by atoms with Gasteiger partial charge in [0, 0.05) is 17.6 Å². The molecule has 2 aliphatic heterocycles. The minimum absolute atomic E-state index is 0.152. The lowest BCUT2D eigenvalue weighted by atomic mass is 9.89. The Hall–Kier alpha value is -0.130. The lowest BCUT2D eigenvalue weighted by Crippen LogP contribution is -2.56. The van der Waals surface area contributed by atoms with E-state index >= 15 is 0 Å². The van der Waals surface area contributed by atoms with Gasteiger partial charge in [0.1, 0.15) is 0 Å². The highest BCUT2D eigenvalue weighted by Crippen LogP contribution is 2.33. The van der Waals surface area contributed by atoms with Gasteiger partial charge in [0.05, 0.1) is 11.5 Å². The van der Waals surface area contributed by atoms with Gasteiger partial charge in [-0.1, -0.05) is 13.8 Å². The first kappa shape index (κ1) is 15.3. The Bertz CT molecular complexity index is 417. The number of sulfone groups is 1. The summed E-state index contributed by atoms with van der Waals surface area (Å²) in [5.74, 6) is 0.697. The highest BCUT2D eigenvalue weighted by Gasteiger charge is 2.45. The van der Waals surface area contributed by atoms with Gasteiger partial charge in [-0.25, -0.2) is 8.42 Å². The molecule has 112 valence electrons. The maximum atomic E-state index is 11.8. The average Bonchev–Trinajstić information content (AvgIpc) is 2.57. The summed E-state index contributed by atoms with van der Waals surface area (Å²) < 4.78 is 23.7. The van der Waals surface area contributed by atoms with Crippen molar-refractivity contribution in [1.29, 1.82) is 0 Å². The molecule has 1 atom stereocenters. The van der Waals surface area contributed by atoms with Gasteiger partial charge in [-0.2, -0.15) is 0 Å². The molecule has 1 unspecified atom stereocenters. The summed E-state index contributed by atoms with van der Waals surface area (Å²) in [6, 6.07) is 0. The first-order valence-corrected chi connectivity index (χ1v) is 9.37. The van der Waals surface area contributed by atoms with Gasteiger partial charge < -0.3 is 5.32 Å². The van der Waals surface area contributed by atoms with Crippen molar-refractivity contribution < 1.29 is 8.42 Å². The molecule has 2 aliphatic rings. The van der Waals surface area contributed by atoms with Crippen molar-refractivity contribution in [2.75, 3.05) is 31.1 Å². The average molecular weight is 288 g/mol. The van der Waals surface area contributed by atoms with Crippen LogP contribution in [0.4, 0.5) is 0 Å². The minimum Gasteiger partial charge on any atom is -0.310 e. The Labute approximate surface area is 117 Å². The van der Waals surface area contributed by atoms with Crippen molar-refractivity contribution in [1.82, 2.24) is 10.2 Å². The van der Waals surface area contributed by atoms with E-state index in [-0.39, 0.29) is 11.1 Å². The van der Waals surface area contributed by atoms with Crippen molar-refractivity contribution in [2.24, 2.45) is 0 Å². The molecule has 4 nitrogen and oxygen atoms in total. The zero-order valence-corrected chi connectivity index (χ0v) is 13.4. The molecule has 0 aromatic rings. The molecule has 1 N–H and O–H groups in total. The van der Waals surface area contributed by atoms with Crippen LogP contribution in [0.25, 0.3) is 0 Å². The van der Waals surface area contributed by atoms with Gasteiger partial charge >= 0.3 is 0 Å². The molecular formula is C14H28N2O2S. The molecule has 0 aromatic carbocycles. The van der Waals surface area contributed by atoms with Crippen LogP contribution in [0.15, 0.2) is 0 Å². The Morgan fingerprint density at radius 2 is 1.95 bits per heavy atom. The molecule has 0 aromatic heterocycles. The molecule has 0 bridgehead atoms. The Morgan fingerprint density at radius 3 is 2.47 bits per heavy atom. The predicted octanol–water partition coefficient (Wildman–Crippen LogP) is 1.42. The van der Waals surface area contributed by atoms with E-state index in [4.69, 9.17) is 0 Å². The maximum Gasteiger partial charge on any atom is 0.152 e. The fraction of sp³-hybridized carbons (Fsp3) is 1.00. The van der Waals surface area contributed by atoms with E-state index in [1.807, 2.05) is 0 Å². The van der Waals surface area contributed by atoms with Crippen molar-refractivity contribution >= 4 is 9.84 Å². The summed E-state index contributed by atoms with van der Waals surface area (Å²) in [6.07, 6.45) is 4.10. The van der Waals surface area contributed by atoms with Crippen LogP contribution >= 0.6 is 0 Å². The number of hydrogen-bond donors (Lipinski definition) is 1. The van der Waals surface area contributed by atoms with E-state index in [0.29, 0.717) is 11.5 Å². The van der Waals surface area contributed by atoms with Crippen LogP contribution in [0.3, 0.4) is 0 Å². The van der Waals surface area contributed by atoms with Crippen LogP contribution in [0.5, 0.6) is 0 Å². The highest BCUT2D eigenvalue weighted by atomic mass is 32.2. The monoisotopic (exact) mass is 288 g/mol. The van der Waals surface area contributed by atoms with E-state index in [1.54, 1.807) is 0 Å². The van der Waals surface area contributed by atoms with Crippen molar-refractivity contribution in [2.45, 2.75) is 57.5 Å². The lowest BCUT2D eigenvalue weighted by molar-refractivity contribution is 0.0943. The Balaban J connectivity index is 2.19. The standard InChI is InChI=1S/C14H28N2O2S/c1-4-14(5-2)11-16(9-6-8-15-14)13(3)7-10-19(17,18)12-13/h15H,4-12H2,1-3H3. The van der Waals surface area contributed by atoms with Gasteiger partial charge in [0.2, 0.25) is 0 Å². The van der Waals surface area contributed by atoms with E-state index in [1.165, 1.54) is 0 Å². The van der Waals surface area contributed by atoms with E-state index < -0.39 is 9.84 Å². The van der Waals surface area contributed by atoms with Gasteiger partial charge in [-0.15, -0.1) is 0 Å². The summed E-state index contributed by atoms with van der Waals surface area (Å²) in [4.78, 5) is 2.45. The maximum absolute atomic E-state index is 11.8. The number of rotatable bonds is 3. The van der Waals surface area contributed by atoms with Crippen LogP contribution in [0, 0.1) is 0 Å². The van der Waals surface area contributed by atoms with Crippen molar-refractivity contribution in [3.05, 3.63) is 0 Å². The predicted molar refractivity (Wildman–Crippen MR) is 79.2 cm³/mol. The zero-order valence-electron chi connectivity index (χ0n) is 12.5. The summed E-state index contributed by atoms with van der Waals surface area (Å²) in [6.45, 7) is 9.63. The second kappa shape index (κ2) is 5.34. The van der Waals surface area contributed by atoms with Gasteiger partial charge in [-0.3, -0.25) is 4.90 Å². The highest BCUT2D eigenvalue weighted by molar-refractivity contribution is 7.91. The quantitative estimate of drug-likeness (QED) is 0.853. The SMILES string of the molecule is CCC1(CC)CN(C2(C)CCS(=O)(=O)C2)CCCN1. The molecule has 0 radical (unpaired) electrons. The van der Waals surface area contributed by atoms with Crippen LogP contribution in [-0.4, -0.2) is 55.5 Å². The molecule has 0 saturated carbocycles. The summed E-state index contributed by atoms with van der Waals surface area (Å²) >= 11 is 0. The zero-order chi connectivity index (χ0) is 14.1. The van der Waals surface area contributed by atoms with E-state index in [2.05, 4.69) is 31.0 Å². The van der Waals surface area contributed by atoms with Crippen LogP contribution in [-0.2, 0) is 9.84 Å². The van der Waals surface area contributed by atoms with Gasteiger partial charge in [-0.05, 0) is 45.7 Å². The third-order valence-electron chi connectivity index (χ3n) is 5.20. The molecular weight excluding hydrogens is 260 g/mol. The van der Waals surface area contributed by atoms with Crippen LogP contribution < -0.4 is 5.32 Å². The molecule has 2 rings (SSSR count). The Kier molecular flexibility index (Phi) is 4.29. The molecule has 0 amide bonds. The summed E-state index contributed by atoms with van der Waals surface area (Å²) in [5.41, 5.74) is 0.00626. The van der Waals surface area contributed by atoms with Crippen LogP contribution in [0.2, 0.25) is 0 Å². The lowest BCUT2D eigenvalue weighted by Gasteiger charge is -2.42. The first-order valence-electron chi connectivity index (χ1n) is 7.55. The first-order chi connectivity index (χ1) is 8.85. The fourth-order valence-corrected chi connectivity index (χ4v) is 5.72. The normalized spacial score (nSPS) is 35.1. The molecule has 2 heterocycles. The topological polar surface area (TPSA) is 49.4 Å². The van der Waals surface area contributed by atoms with Gasteiger partial charge in [0.15, 0.2) is 9.84 Å². The number of hydrogen-bond acceptors (Lipinski definition) is 4. The van der Waals surface area contributed by atoms with Gasteiger partial charge in [0.25, 0.3) is 0 Å². The van der Waals surface area contributed by atoms with Crippen molar-refractivity contribution in [3.8, 4) is 0 Å². The third kappa shape index (κ3) is 3.14. The smallest absolute Gasteiger partial charge is 0.152 e. The molecule has 0 spiro atoms. The summed E-state index contributed by atoms with van der Waals surface area (Å²) in [5, 5.41) is 3.69. The number of nitrogens with one attached hydrogen (secondary N) is 1. The molecule has 5 heteroatoms. The van der Waals surface area contributed by atoms with Crippen molar-refractivity contribution in [3.63, 3.8) is 0 Å². The molecule has 0 aliphatic carbocycles. The Morgan fingerprint density at radius 1 is 1.26 bits per heavy atom. The third-order valence-corrected chi connectivity index (χ3v) is 7.09. The van der Waals surface area contributed by atoms with E-state index in [0.717, 1.165) is 45.3 Å². The fourth-order valence-electron chi connectivity index (χ4n) is 3.55. The minimum atomic E-state index is -2.83. The second-order valence-electron chi connectivity index (χ2n) is 6.53. The molecule has 2 saturated heterocycles. The second-order valence-corrected chi connectivity index (χ2v) is 8.71. The summed E-state index contributed by atoms with van der Waals surface area (Å²) in [7, 11) is -2.83. The molecule has 19 heavy (non-hydrogen) atoms. The van der Waals surface area contributed by atoms with Crippen LogP contribution in [0.1, 0.15) is 46.5 Å².